The van der Waals surface area contributed by atoms with Crippen molar-refractivity contribution in [3.05, 3.63) is 23.9 Å². The lowest BCUT2D eigenvalue weighted by molar-refractivity contribution is -0.00545. The number of aliphatic imine (C=N–C) groups is 1. The van der Waals surface area contributed by atoms with Gasteiger partial charge in [0.2, 0.25) is 0 Å². The van der Waals surface area contributed by atoms with Crippen LogP contribution in [-0.2, 0) is 11.3 Å². The molecule has 7 heteroatoms. The Morgan fingerprint density at radius 1 is 1.24 bits per heavy atom. The highest BCUT2D eigenvalue weighted by molar-refractivity contribution is 14.0. The fourth-order valence-electron chi connectivity index (χ4n) is 3.04. The van der Waals surface area contributed by atoms with Crippen molar-refractivity contribution in [1.82, 2.24) is 15.6 Å². The van der Waals surface area contributed by atoms with Crippen LogP contribution in [0.5, 0.6) is 0 Å². The maximum Gasteiger partial charge on any atom is 0.191 e. The summed E-state index contributed by atoms with van der Waals surface area (Å²) in [5.41, 5.74) is 1.16. The molecule has 0 spiro atoms. The topological polar surface area (TPSA) is 61.8 Å². The number of hydrogen-bond donors (Lipinski definition) is 2. The quantitative estimate of drug-likeness (QED) is 0.403. The summed E-state index contributed by atoms with van der Waals surface area (Å²) in [6, 6.07) is 4.23. The lowest BCUT2D eigenvalue weighted by Crippen LogP contribution is -2.45. The first-order chi connectivity index (χ1) is 11.6. The number of nitrogens with zero attached hydrogens (tertiary/aromatic N) is 3. The van der Waals surface area contributed by atoms with Crippen molar-refractivity contribution < 1.29 is 4.74 Å². The fourth-order valence-corrected chi connectivity index (χ4v) is 3.04. The molecule has 0 bridgehead atoms. The van der Waals surface area contributed by atoms with E-state index in [0.29, 0.717) is 0 Å². The molecule has 2 atom stereocenters. The highest BCUT2D eigenvalue weighted by atomic mass is 127. The van der Waals surface area contributed by atoms with E-state index in [2.05, 4.69) is 51.5 Å². The van der Waals surface area contributed by atoms with Gasteiger partial charge in [-0.15, -0.1) is 24.0 Å². The summed E-state index contributed by atoms with van der Waals surface area (Å²) < 4.78 is 5.78. The molecule has 1 aromatic heterocycles. The van der Waals surface area contributed by atoms with Crippen LogP contribution in [0.25, 0.3) is 0 Å². The van der Waals surface area contributed by atoms with Gasteiger partial charge in [0.15, 0.2) is 5.96 Å². The molecule has 3 rings (SSSR count). The van der Waals surface area contributed by atoms with E-state index in [1.165, 1.54) is 12.8 Å². The average molecular weight is 459 g/mol. The zero-order chi connectivity index (χ0) is 16.9. The fraction of sp³-hybridized carbons (Fsp3) is 0.667. The minimum Gasteiger partial charge on any atom is -0.372 e. The summed E-state index contributed by atoms with van der Waals surface area (Å²) in [4.78, 5) is 11.2. The van der Waals surface area contributed by atoms with Gasteiger partial charge in [0.1, 0.15) is 5.82 Å². The molecule has 1 saturated heterocycles. The number of halogens is 1. The van der Waals surface area contributed by atoms with E-state index < -0.39 is 0 Å². The van der Waals surface area contributed by atoms with Crippen LogP contribution < -0.4 is 15.5 Å². The molecular weight excluding hydrogens is 429 g/mol. The van der Waals surface area contributed by atoms with Crippen molar-refractivity contribution in [3.63, 3.8) is 0 Å². The number of nitrogens with one attached hydrogen (secondary N) is 2. The summed E-state index contributed by atoms with van der Waals surface area (Å²) in [5.74, 6) is 2.72. The van der Waals surface area contributed by atoms with Crippen molar-refractivity contribution in [1.29, 1.82) is 0 Å². The molecule has 2 aliphatic rings. The number of aromatic nitrogens is 1. The molecule has 1 saturated carbocycles. The van der Waals surface area contributed by atoms with Crippen molar-refractivity contribution in [2.24, 2.45) is 10.9 Å². The third kappa shape index (κ3) is 6.29. The van der Waals surface area contributed by atoms with Gasteiger partial charge >= 0.3 is 0 Å². The highest BCUT2D eigenvalue weighted by Gasteiger charge is 2.23. The standard InChI is InChI=1S/C18H29N5O.HI/c1-13-11-23(12-14(2)24-13)17-7-6-16(9-20-17)10-22-18(19-3)21-8-15-4-5-15;/h6-7,9,13-15H,4-5,8,10-12H2,1-3H3,(H2,19,21,22);1H. The normalized spacial score (nSPS) is 23.8. The number of guanidine groups is 1. The molecule has 0 radical (unpaired) electrons. The molecule has 1 aliphatic heterocycles. The van der Waals surface area contributed by atoms with Crippen LogP contribution in [0.3, 0.4) is 0 Å². The lowest BCUT2D eigenvalue weighted by atomic mass is 10.2. The molecule has 25 heavy (non-hydrogen) atoms. The molecule has 0 amide bonds. The van der Waals surface area contributed by atoms with Crippen molar-refractivity contribution in [2.75, 3.05) is 31.6 Å². The number of hydrogen-bond acceptors (Lipinski definition) is 4. The summed E-state index contributed by atoms with van der Waals surface area (Å²) >= 11 is 0. The van der Waals surface area contributed by atoms with Crippen LogP contribution in [0, 0.1) is 5.92 Å². The van der Waals surface area contributed by atoms with Gasteiger partial charge in [0.25, 0.3) is 0 Å². The molecule has 6 nitrogen and oxygen atoms in total. The van der Waals surface area contributed by atoms with Gasteiger partial charge in [-0.2, -0.15) is 0 Å². The second-order valence-electron chi connectivity index (χ2n) is 6.94. The molecule has 2 heterocycles. The Bertz CT molecular complexity index is 551. The number of rotatable bonds is 5. The molecule has 1 aromatic rings. The number of morpholine rings is 1. The third-order valence-corrected chi connectivity index (χ3v) is 4.49. The van der Waals surface area contributed by atoms with Crippen molar-refractivity contribution in [3.8, 4) is 0 Å². The zero-order valence-electron chi connectivity index (χ0n) is 15.4. The molecule has 2 N–H and O–H groups in total. The van der Waals surface area contributed by atoms with E-state index in [4.69, 9.17) is 4.74 Å². The van der Waals surface area contributed by atoms with Crippen LogP contribution >= 0.6 is 24.0 Å². The first-order valence-corrected chi connectivity index (χ1v) is 8.94. The second-order valence-corrected chi connectivity index (χ2v) is 6.94. The summed E-state index contributed by atoms with van der Waals surface area (Å²) in [6.07, 6.45) is 5.12. The molecular formula is C18H30IN5O. The van der Waals surface area contributed by atoms with Crippen molar-refractivity contribution in [2.45, 2.75) is 45.4 Å². The van der Waals surface area contributed by atoms with Gasteiger partial charge in [-0.1, -0.05) is 6.07 Å². The number of anilines is 1. The zero-order valence-corrected chi connectivity index (χ0v) is 17.7. The Balaban J connectivity index is 0.00000225. The Morgan fingerprint density at radius 2 is 1.96 bits per heavy atom. The molecule has 140 valence electrons. The summed E-state index contributed by atoms with van der Waals surface area (Å²) in [5, 5.41) is 6.72. The monoisotopic (exact) mass is 459 g/mol. The predicted octanol–water partition coefficient (Wildman–Crippen LogP) is 2.39. The summed E-state index contributed by atoms with van der Waals surface area (Å²) in [7, 11) is 1.81. The lowest BCUT2D eigenvalue weighted by Gasteiger charge is -2.36. The molecule has 2 fully saturated rings. The largest absolute Gasteiger partial charge is 0.372 e. The smallest absolute Gasteiger partial charge is 0.191 e. The Labute approximate surface area is 167 Å². The Hall–Kier alpha value is -1.09. The Kier molecular flexibility index (Phi) is 7.74. The van der Waals surface area contributed by atoms with E-state index in [1.54, 1.807) is 0 Å². The predicted molar refractivity (Wildman–Crippen MR) is 113 cm³/mol. The van der Waals surface area contributed by atoms with Gasteiger partial charge in [0.05, 0.1) is 12.2 Å². The maximum atomic E-state index is 5.78. The van der Waals surface area contributed by atoms with Gasteiger partial charge in [-0.3, -0.25) is 4.99 Å². The van der Waals surface area contributed by atoms with Gasteiger partial charge in [-0.05, 0) is 44.2 Å². The van der Waals surface area contributed by atoms with Crippen LogP contribution in [-0.4, -0.2) is 49.8 Å². The highest BCUT2D eigenvalue weighted by Crippen LogP contribution is 2.27. The molecule has 0 aromatic carbocycles. The molecule has 1 aliphatic carbocycles. The van der Waals surface area contributed by atoms with Crippen molar-refractivity contribution >= 4 is 35.8 Å². The van der Waals surface area contributed by atoms with Gasteiger partial charge in [-0.25, -0.2) is 4.98 Å². The second kappa shape index (κ2) is 9.56. The van der Waals surface area contributed by atoms with E-state index in [-0.39, 0.29) is 36.2 Å². The minimum atomic E-state index is 0. The van der Waals surface area contributed by atoms with Crippen LogP contribution in [0.4, 0.5) is 5.82 Å². The third-order valence-electron chi connectivity index (χ3n) is 4.49. The SMILES string of the molecule is CN=C(NCc1ccc(N2CC(C)OC(C)C2)nc1)NCC1CC1.I. The Morgan fingerprint density at radius 3 is 2.52 bits per heavy atom. The van der Waals surface area contributed by atoms with E-state index in [9.17, 15) is 0 Å². The number of pyridine rings is 1. The van der Waals surface area contributed by atoms with Gasteiger partial charge in [0, 0.05) is 39.4 Å². The van der Waals surface area contributed by atoms with Crippen LogP contribution in [0.2, 0.25) is 0 Å². The van der Waals surface area contributed by atoms with E-state index >= 15 is 0 Å². The first kappa shape index (κ1) is 20.2. The summed E-state index contributed by atoms with van der Waals surface area (Å²) in [6.45, 7) is 7.76. The van der Waals surface area contributed by atoms with Crippen LogP contribution in [0.15, 0.2) is 23.3 Å². The minimum absolute atomic E-state index is 0. The molecule has 2 unspecified atom stereocenters. The van der Waals surface area contributed by atoms with Crippen LogP contribution in [0.1, 0.15) is 32.3 Å². The van der Waals surface area contributed by atoms with Gasteiger partial charge < -0.3 is 20.3 Å². The van der Waals surface area contributed by atoms with E-state index in [0.717, 1.165) is 49.4 Å². The average Bonchev–Trinajstić information content (AvgIpc) is 3.39. The maximum absolute atomic E-state index is 5.78. The first-order valence-electron chi connectivity index (χ1n) is 8.94. The number of ether oxygens (including phenoxy) is 1. The van der Waals surface area contributed by atoms with E-state index in [1.807, 2.05) is 13.2 Å².